The number of alkyl halides is 3. The molecular formula is C29H27ClF5N5O5S2. The quantitative estimate of drug-likeness (QED) is 0.222. The molecule has 2 saturated heterocycles. The second-order valence-electron chi connectivity index (χ2n) is 11.4. The van der Waals surface area contributed by atoms with E-state index in [1.54, 1.807) is 4.90 Å². The normalized spacial score (nSPS) is 22.0. The largest absolute Gasteiger partial charge is 0.417 e. The molecule has 0 aliphatic carbocycles. The van der Waals surface area contributed by atoms with E-state index in [0.29, 0.717) is 6.07 Å². The van der Waals surface area contributed by atoms with Gasteiger partial charge < -0.3 is 14.5 Å². The summed E-state index contributed by atoms with van der Waals surface area (Å²) in [7, 11) is -2.37. The predicted octanol–water partition coefficient (Wildman–Crippen LogP) is 3.98. The lowest BCUT2D eigenvalue weighted by atomic mass is 9.95. The molecular weight excluding hydrogens is 693 g/mol. The Kier molecular flexibility index (Phi) is 8.60. The molecule has 3 aliphatic heterocycles. The van der Waals surface area contributed by atoms with Gasteiger partial charge in [-0.15, -0.1) is 11.8 Å². The average molecular weight is 720 g/mol. The fourth-order valence-corrected chi connectivity index (χ4v) is 8.85. The fourth-order valence-electron chi connectivity index (χ4n) is 6.52. The molecule has 1 amide bonds. The molecule has 0 radical (unpaired) electrons. The van der Waals surface area contributed by atoms with E-state index < -0.39 is 79.3 Å². The Balaban J connectivity index is 1.67. The molecule has 1 aromatic heterocycles. The number of fused-ring (bicyclic) bond motifs is 1. The number of rotatable bonds is 5. The summed E-state index contributed by atoms with van der Waals surface area (Å²) in [6, 6.07) is 0.431. The number of nitrogens with zero attached hydrogens (tertiary/aromatic N) is 5. The van der Waals surface area contributed by atoms with Gasteiger partial charge in [-0.2, -0.15) is 22.5 Å². The first-order chi connectivity index (χ1) is 22.0. The molecule has 18 heteroatoms. The second kappa shape index (κ2) is 12.0. The van der Waals surface area contributed by atoms with Crippen molar-refractivity contribution in [2.24, 2.45) is 0 Å². The van der Waals surface area contributed by atoms with Crippen LogP contribution in [0.25, 0.3) is 22.0 Å². The summed E-state index contributed by atoms with van der Waals surface area (Å²) in [5.41, 5.74) is -3.33. The van der Waals surface area contributed by atoms with Gasteiger partial charge in [0.15, 0.2) is 0 Å². The molecule has 3 atom stereocenters. The number of carbonyl (C=O) groups excluding carboxylic acids is 1. The molecule has 252 valence electrons. The van der Waals surface area contributed by atoms with Crippen molar-refractivity contribution in [1.82, 2.24) is 18.8 Å². The van der Waals surface area contributed by atoms with Crippen molar-refractivity contribution in [3.8, 4) is 11.1 Å². The van der Waals surface area contributed by atoms with Crippen LogP contribution in [0.1, 0.15) is 5.56 Å². The minimum atomic E-state index is -5.07. The second-order valence-corrected chi connectivity index (χ2v) is 14.8. The number of aromatic nitrogens is 2. The SMILES string of the molecule is C=CC(=O)N1CCN(c2nc(=O)n3c4c(c(-c5cc(Cl)c(F)cc5F)c(C(F)(F)F)cc24)SC[C@@H](OC)C3)[C@@H]2CN(S(C)(=O)=O)C[C@@H]21. The van der Waals surface area contributed by atoms with Gasteiger partial charge in [0.25, 0.3) is 0 Å². The summed E-state index contributed by atoms with van der Waals surface area (Å²) in [5, 5.41) is -0.703. The summed E-state index contributed by atoms with van der Waals surface area (Å²) in [6.07, 6.45) is -3.63. The van der Waals surface area contributed by atoms with E-state index in [2.05, 4.69) is 11.6 Å². The van der Waals surface area contributed by atoms with Gasteiger partial charge in [-0.1, -0.05) is 18.2 Å². The summed E-state index contributed by atoms with van der Waals surface area (Å²) >= 11 is 6.84. The Morgan fingerprint density at radius 2 is 1.83 bits per heavy atom. The molecule has 0 N–H and O–H groups in total. The Morgan fingerprint density at radius 3 is 2.47 bits per heavy atom. The van der Waals surface area contributed by atoms with Gasteiger partial charge in [-0.05, 0) is 18.2 Å². The van der Waals surface area contributed by atoms with E-state index in [4.69, 9.17) is 16.3 Å². The molecule has 10 nitrogen and oxygen atoms in total. The predicted molar refractivity (Wildman–Crippen MR) is 166 cm³/mol. The highest BCUT2D eigenvalue weighted by atomic mass is 35.5. The summed E-state index contributed by atoms with van der Waals surface area (Å²) in [4.78, 5) is 33.7. The van der Waals surface area contributed by atoms with E-state index >= 15 is 4.39 Å². The van der Waals surface area contributed by atoms with Gasteiger partial charge in [0.05, 0.1) is 47.1 Å². The third-order valence-corrected chi connectivity index (χ3v) is 11.5. The van der Waals surface area contributed by atoms with E-state index in [1.807, 2.05) is 0 Å². The van der Waals surface area contributed by atoms with Crippen LogP contribution in [-0.2, 0) is 32.3 Å². The number of methoxy groups -OCH3 is 1. The van der Waals surface area contributed by atoms with E-state index in [0.717, 1.165) is 40.5 Å². The van der Waals surface area contributed by atoms with Gasteiger partial charge in [0.2, 0.25) is 15.9 Å². The van der Waals surface area contributed by atoms with Gasteiger partial charge in [0.1, 0.15) is 17.5 Å². The van der Waals surface area contributed by atoms with Crippen molar-refractivity contribution in [3.63, 3.8) is 0 Å². The van der Waals surface area contributed by atoms with Gasteiger partial charge in [0, 0.05) is 66.5 Å². The maximum Gasteiger partial charge on any atom is 0.417 e. The van der Waals surface area contributed by atoms with Gasteiger partial charge in [-0.3, -0.25) is 9.36 Å². The number of ether oxygens (including phenoxy) is 1. The Bertz CT molecular complexity index is 1990. The van der Waals surface area contributed by atoms with Crippen molar-refractivity contribution in [2.45, 2.75) is 35.8 Å². The number of thioether (sulfide) groups is 1. The van der Waals surface area contributed by atoms with Crippen LogP contribution in [0, 0.1) is 11.6 Å². The van der Waals surface area contributed by atoms with Crippen LogP contribution in [0.2, 0.25) is 5.02 Å². The van der Waals surface area contributed by atoms with Crippen molar-refractivity contribution in [3.05, 3.63) is 63.6 Å². The van der Waals surface area contributed by atoms with Crippen LogP contribution in [-0.4, -0.2) is 96.6 Å². The number of anilines is 1. The molecule has 3 aromatic rings. The number of benzene rings is 2. The van der Waals surface area contributed by atoms with E-state index in [-0.39, 0.29) is 60.1 Å². The highest BCUT2D eigenvalue weighted by Crippen LogP contribution is 2.49. The summed E-state index contributed by atoms with van der Waals surface area (Å²) < 4.78 is 107. The number of carbonyl (C=O) groups is 1. The molecule has 0 unspecified atom stereocenters. The Morgan fingerprint density at radius 1 is 1.13 bits per heavy atom. The third kappa shape index (κ3) is 5.79. The summed E-state index contributed by atoms with van der Waals surface area (Å²) in [6.45, 7) is 3.24. The van der Waals surface area contributed by atoms with E-state index in [9.17, 15) is 35.6 Å². The van der Waals surface area contributed by atoms with Crippen LogP contribution in [0.4, 0.5) is 27.8 Å². The average Bonchev–Trinajstić information content (AvgIpc) is 3.37. The molecule has 2 aromatic carbocycles. The first kappa shape index (κ1) is 33.6. The molecule has 0 saturated carbocycles. The van der Waals surface area contributed by atoms with Gasteiger partial charge in [-0.25, -0.2) is 22.0 Å². The maximum atomic E-state index is 15.3. The van der Waals surface area contributed by atoms with Crippen molar-refractivity contribution in [1.29, 1.82) is 0 Å². The molecule has 0 spiro atoms. The van der Waals surface area contributed by atoms with Gasteiger partial charge >= 0.3 is 11.9 Å². The maximum absolute atomic E-state index is 15.3. The molecule has 0 bridgehead atoms. The summed E-state index contributed by atoms with van der Waals surface area (Å²) in [5.74, 6) is -2.98. The minimum absolute atomic E-state index is 0.00161. The highest BCUT2D eigenvalue weighted by Gasteiger charge is 2.48. The van der Waals surface area contributed by atoms with Crippen LogP contribution in [0.3, 0.4) is 0 Å². The van der Waals surface area contributed by atoms with Crippen molar-refractivity contribution >= 4 is 56.0 Å². The Hall–Kier alpha value is -3.25. The topological polar surface area (TPSA) is 105 Å². The standard InChI is InChI=1S/C29H27ClF5N5O5S2/c1-4-23(41)38-5-6-39(22-12-37(11-21(22)38)47(3,43)44)27-16-7-17(29(33,34)35)24(15-8-18(30)20(32)9-19(15)31)26-25(16)40(28(42)36-27)10-14(45-2)13-46-26/h4,7-9,14,21-22H,1,5-6,10-13H2,2-3H3/t14-,21-,22+/m0/s1. The molecule has 47 heavy (non-hydrogen) atoms. The monoisotopic (exact) mass is 719 g/mol. The number of hydrogen-bond acceptors (Lipinski definition) is 8. The van der Waals surface area contributed by atoms with Crippen LogP contribution in [0.5, 0.6) is 0 Å². The lowest BCUT2D eigenvalue weighted by Gasteiger charge is -2.44. The number of piperazine rings is 1. The van der Waals surface area contributed by atoms with E-state index in [1.165, 1.54) is 16.6 Å². The zero-order chi connectivity index (χ0) is 34.2. The van der Waals surface area contributed by atoms with Crippen LogP contribution in [0.15, 0.2) is 40.5 Å². The molecule has 3 aliphatic rings. The third-order valence-electron chi connectivity index (χ3n) is 8.72. The minimum Gasteiger partial charge on any atom is -0.379 e. The number of sulfonamides is 1. The molecule has 4 heterocycles. The zero-order valence-electron chi connectivity index (χ0n) is 24.9. The van der Waals surface area contributed by atoms with Crippen LogP contribution >= 0.6 is 23.4 Å². The Labute approximate surface area is 274 Å². The van der Waals surface area contributed by atoms with Crippen LogP contribution < -0.4 is 10.6 Å². The zero-order valence-corrected chi connectivity index (χ0v) is 27.2. The smallest absolute Gasteiger partial charge is 0.379 e. The molecule has 6 rings (SSSR count). The first-order valence-electron chi connectivity index (χ1n) is 14.2. The highest BCUT2D eigenvalue weighted by molar-refractivity contribution is 7.99. The lowest BCUT2D eigenvalue weighted by molar-refractivity contribution is -0.137. The number of halogens is 6. The number of hydrogen-bond donors (Lipinski definition) is 0. The van der Waals surface area contributed by atoms with Crippen molar-refractivity contribution < 1.29 is 39.9 Å². The molecule has 2 fully saturated rings. The lowest BCUT2D eigenvalue weighted by Crippen LogP contribution is -2.61. The van der Waals surface area contributed by atoms with Crippen molar-refractivity contribution in [2.75, 3.05) is 50.2 Å². The number of amides is 1. The fraction of sp³-hybridized carbons (Fsp3) is 0.414. The first-order valence-corrected chi connectivity index (χ1v) is 17.4.